The third-order valence-electron chi connectivity index (χ3n) is 11.2. The topological polar surface area (TPSA) is 78.9 Å². The van der Waals surface area contributed by atoms with E-state index in [1.54, 1.807) is 0 Å². The van der Waals surface area contributed by atoms with Crippen molar-refractivity contribution in [3.63, 3.8) is 0 Å². The van der Waals surface area contributed by atoms with E-state index < -0.39 is 6.10 Å². The van der Waals surface area contributed by atoms with Gasteiger partial charge in [-0.05, 0) is 89.9 Å². The fourth-order valence-corrected chi connectivity index (χ4v) is 7.08. The van der Waals surface area contributed by atoms with E-state index in [0.717, 1.165) is 89.9 Å². The molecule has 6 nitrogen and oxygen atoms in total. The zero-order chi connectivity index (χ0) is 47.2. The lowest BCUT2D eigenvalue weighted by atomic mass is 10.1. The SMILES string of the molecule is CCCCC/C=C/C=C/C=C/C=C/CCCCCCCC(=O)OCC(COC(=O)CC/C=C/C/C=C/CCCCCCCC)OC(=O)CCCCC/C=C/C=C/CCCCCCCCC. The number of carbonyl (C=O) groups excluding carboxylic acids is 3. The molecule has 1 unspecified atom stereocenters. The van der Waals surface area contributed by atoms with Gasteiger partial charge in [-0.25, -0.2) is 0 Å². The molecule has 0 spiro atoms. The molecule has 0 heterocycles. The molecule has 1 atom stereocenters. The quantitative estimate of drug-likeness (QED) is 0.0199. The molecule has 0 amide bonds. The predicted molar refractivity (Wildman–Crippen MR) is 279 cm³/mol. The van der Waals surface area contributed by atoms with E-state index in [4.69, 9.17) is 14.2 Å². The Bertz CT molecular complexity index is 1310. The molecule has 0 aromatic carbocycles. The second-order valence-corrected chi connectivity index (χ2v) is 17.5. The van der Waals surface area contributed by atoms with Crippen LogP contribution in [-0.4, -0.2) is 37.2 Å². The highest BCUT2D eigenvalue weighted by molar-refractivity contribution is 5.71. The molecular formula is C59H98O6. The van der Waals surface area contributed by atoms with Crippen LogP contribution in [0.5, 0.6) is 0 Å². The van der Waals surface area contributed by atoms with E-state index in [9.17, 15) is 14.4 Å². The largest absolute Gasteiger partial charge is 0.462 e. The van der Waals surface area contributed by atoms with E-state index in [1.165, 1.54) is 103 Å². The molecule has 0 fully saturated rings. The fourth-order valence-electron chi connectivity index (χ4n) is 7.08. The molecule has 0 aliphatic carbocycles. The highest BCUT2D eigenvalue weighted by Crippen LogP contribution is 2.13. The first-order valence-electron chi connectivity index (χ1n) is 26.8. The van der Waals surface area contributed by atoms with Crippen molar-refractivity contribution in [1.82, 2.24) is 0 Å². The lowest BCUT2D eigenvalue weighted by Crippen LogP contribution is -2.30. The van der Waals surface area contributed by atoms with E-state index in [0.29, 0.717) is 12.8 Å². The monoisotopic (exact) mass is 903 g/mol. The van der Waals surface area contributed by atoms with Gasteiger partial charge in [-0.3, -0.25) is 14.4 Å². The van der Waals surface area contributed by atoms with Crippen LogP contribution < -0.4 is 0 Å². The number of rotatable bonds is 47. The molecule has 0 saturated carbocycles. The maximum absolute atomic E-state index is 12.8. The van der Waals surface area contributed by atoms with Crippen LogP contribution in [0.1, 0.15) is 239 Å². The number of carbonyl (C=O) groups is 3. The summed E-state index contributed by atoms with van der Waals surface area (Å²) in [5.74, 6) is -1.04. The summed E-state index contributed by atoms with van der Waals surface area (Å²) < 4.78 is 16.7. The predicted octanol–water partition coefficient (Wildman–Crippen LogP) is 17.8. The Kier molecular flexibility index (Phi) is 50.0. The standard InChI is InChI=1S/C59H98O6/c1-4-7-10-13-16-19-22-25-27-29-30-32-34-37-40-43-46-49-52-58(61)64-55-56(54-63-57(60)51-48-45-42-39-36-33-24-21-18-15-12-9-6-3)65-59(62)53-50-47-44-41-38-35-31-28-26-23-20-17-14-11-8-5-2/h16,19,22,25,27-33,35-36,38,42,45,56H,4-15,17-18,20-21,23-24,26,34,37,39-41,43-44,46-55H2,1-3H3/b19-16+,25-22+,29-27+,31-28+,32-30+,36-33+,38-35+,45-42+. The van der Waals surface area contributed by atoms with Crippen LogP contribution in [0.2, 0.25) is 0 Å². The third-order valence-corrected chi connectivity index (χ3v) is 11.2. The van der Waals surface area contributed by atoms with Crippen LogP contribution in [0.15, 0.2) is 97.2 Å². The van der Waals surface area contributed by atoms with Crippen molar-refractivity contribution in [2.24, 2.45) is 0 Å². The summed E-state index contributed by atoms with van der Waals surface area (Å²) in [4.78, 5) is 38.0. The molecule has 6 heteroatoms. The number of ether oxygens (including phenoxy) is 3. The van der Waals surface area contributed by atoms with Gasteiger partial charge in [-0.1, -0.05) is 227 Å². The molecule has 0 radical (unpaired) electrons. The molecule has 0 N–H and O–H groups in total. The molecule has 0 aromatic rings. The first-order valence-corrected chi connectivity index (χ1v) is 26.8. The van der Waals surface area contributed by atoms with Gasteiger partial charge in [-0.15, -0.1) is 0 Å². The minimum absolute atomic E-state index is 0.119. The van der Waals surface area contributed by atoms with Gasteiger partial charge >= 0.3 is 17.9 Å². The van der Waals surface area contributed by atoms with Crippen molar-refractivity contribution in [3.05, 3.63) is 97.2 Å². The van der Waals surface area contributed by atoms with Crippen LogP contribution >= 0.6 is 0 Å². The molecular weight excluding hydrogens is 805 g/mol. The number of hydrogen-bond acceptors (Lipinski definition) is 6. The number of allylic oxidation sites excluding steroid dienone is 16. The van der Waals surface area contributed by atoms with Gasteiger partial charge < -0.3 is 14.2 Å². The van der Waals surface area contributed by atoms with Crippen molar-refractivity contribution in [1.29, 1.82) is 0 Å². The first kappa shape index (κ1) is 61.3. The van der Waals surface area contributed by atoms with Crippen LogP contribution in [-0.2, 0) is 28.6 Å². The van der Waals surface area contributed by atoms with Crippen molar-refractivity contribution in [3.8, 4) is 0 Å². The number of esters is 3. The van der Waals surface area contributed by atoms with Gasteiger partial charge in [0.15, 0.2) is 6.10 Å². The second kappa shape index (κ2) is 52.9. The lowest BCUT2D eigenvalue weighted by molar-refractivity contribution is -0.166. The Labute approximate surface area is 400 Å². The van der Waals surface area contributed by atoms with Crippen LogP contribution in [0.3, 0.4) is 0 Å². The van der Waals surface area contributed by atoms with Gasteiger partial charge in [0, 0.05) is 19.3 Å². The highest BCUT2D eigenvalue weighted by Gasteiger charge is 2.19. The highest BCUT2D eigenvalue weighted by atomic mass is 16.6. The summed E-state index contributed by atoms with van der Waals surface area (Å²) >= 11 is 0. The normalized spacial score (nSPS) is 12.8. The van der Waals surface area contributed by atoms with Crippen LogP contribution in [0.25, 0.3) is 0 Å². The molecule has 0 aromatic heterocycles. The maximum Gasteiger partial charge on any atom is 0.306 e. The molecule has 0 rings (SSSR count). The van der Waals surface area contributed by atoms with Crippen molar-refractivity contribution < 1.29 is 28.6 Å². The van der Waals surface area contributed by atoms with Gasteiger partial charge in [0.1, 0.15) is 13.2 Å². The van der Waals surface area contributed by atoms with Crippen molar-refractivity contribution in [2.45, 2.75) is 245 Å². The zero-order valence-electron chi connectivity index (χ0n) is 42.2. The van der Waals surface area contributed by atoms with E-state index >= 15 is 0 Å². The molecule has 370 valence electrons. The summed E-state index contributed by atoms with van der Waals surface area (Å²) in [6.07, 6.45) is 69.7. The summed E-state index contributed by atoms with van der Waals surface area (Å²) in [7, 11) is 0. The Morgan fingerprint density at radius 2 is 0.646 bits per heavy atom. The summed E-state index contributed by atoms with van der Waals surface area (Å²) in [5, 5.41) is 0. The van der Waals surface area contributed by atoms with Gasteiger partial charge in [0.2, 0.25) is 0 Å². The fraction of sp³-hybridized carbons (Fsp3) is 0.678. The van der Waals surface area contributed by atoms with E-state index in [2.05, 4.69) is 112 Å². The molecule has 0 bridgehead atoms. The summed E-state index contributed by atoms with van der Waals surface area (Å²) in [6.45, 7) is 6.48. The van der Waals surface area contributed by atoms with Crippen LogP contribution in [0, 0.1) is 0 Å². The van der Waals surface area contributed by atoms with E-state index in [-0.39, 0.29) is 44.0 Å². The molecule has 0 aliphatic rings. The van der Waals surface area contributed by atoms with Gasteiger partial charge in [0.25, 0.3) is 0 Å². The van der Waals surface area contributed by atoms with Crippen LogP contribution in [0.4, 0.5) is 0 Å². The van der Waals surface area contributed by atoms with Gasteiger partial charge in [-0.2, -0.15) is 0 Å². The number of unbranched alkanes of at least 4 members (excludes halogenated alkanes) is 24. The maximum atomic E-state index is 12.8. The number of hydrogen-bond donors (Lipinski definition) is 0. The zero-order valence-corrected chi connectivity index (χ0v) is 42.2. The summed E-state index contributed by atoms with van der Waals surface area (Å²) in [5.41, 5.74) is 0. The minimum atomic E-state index is -0.824. The summed E-state index contributed by atoms with van der Waals surface area (Å²) in [6, 6.07) is 0. The Morgan fingerprint density at radius 1 is 0.323 bits per heavy atom. The second-order valence-electron chi connectivity index (χ2n) is 17.5. The minimum Gasteiger partial charge on any atom is -0.462 e. The molecule has 0 aliphatic heterocycles. The molecule has 0 saturated heterocycles. The van der Waals surface area contributed by atoms with Crippen molar-refractivity contribution >= 4 is 17.9 Å². The Morgan fingerprint density at radius 3 is 1.14 bits per heavy atom. The smallest absolute Gasteiger partial charge is 0.306 e. The average molecular weight is 903 g/mol. The lowest BCUT2D eigenvalue weighted by Gasteiger charge is -2.18. The first-order chi connectivity index (χ1) is 32.0. The Balaban J connectivity index is 4.54. The van der Waals surface area contributed by atoms with Gasteiger partial charge in [0.05, 0.1) is 0 Å². The third kappa shape index (κ3) is 51.2. The van der Waals surface area contributed by atoms with E-state index in [1.807, 2.05) is 6.08 Å². The molecule has 65 heavy (non-hydrogen) atoms. The van der Waals surface area contributed by atoms with Crippen molar-refractivity contribution in [2.75, 3.05) is 13.2 Å². The average Bonchev–Trinajstić information content (AvgIpc) is 3.30. The Hall–Kier alpha value is -3.67.